The van der Waals surface area contributed by atoms with Crippen LogP contribution in [0.15, 0.2) is 47.8 Å². The highest BCUT2D eigenvalue weighted by Gasteiger charge is 2.24. The second-order valence-electron chi connectivity index (χ2n) is 7.76. The number of rotatable bonds is 4. The van der Waals surface area contributed by atoms with Crippen LogP contribution >= 0.6 is 11.6 Å². The Morgan fingerprint density at radius 2 is 1.69 bits per heavy atom. The van der Waals surface area contributed by atoms with Crippen molar-refractivity contribution in [3.63, 3.8) is 0 Å². The van der Waals surface area contributed by atoms with Gasteiger partial charge >= 0.3 is 0 Å². The van der Waals surface area contributed by atoms with E-state index in [0.717, 1.165) is 42.7 Å². The smallest absolute Gasteiger partial charge is 0.261 e. The van der Waals surface area contributed by atoms with Crippen molar-refractivity contribution in [1.82, 2.24) is 19.5 Å². The van der Waals surface area contributed by atoms with Gasteiger partial charge in [-0.3, -0.25) is 9.36 Å². The van der Waals surface area contributed by atoms with Crippen LogP contribution in [0.1, 0.15) is 18.9 Å². The molecule has 1 fully saturated rings. The maximum absolute atomic E-state index is 13.0. The van der Waals surface area contributed by atoms with E-state index in [2.05, 4.69) is 19.9 Å². The van der Waals surface area contributed by atoms with E-state index in [-0.39, 0.29) is 11.6 Å². The molecule has 0 atom stereocenters. The summed E-state index contributed by atoms with van der Waals surface area (Å²) in [5.74, 6) is 2.12. The van der Waals surface area contributed by atoms with Crippen LogP contribution in [-0.2, 0) is 0 Å². The lowest BCUT2D eigenvalue weighted by Crippen LogP contribution is -2.38. The monoisotopic (exact) mass is 451 g/mol. The van der Waals surface area contributed by atoms with Crippen molar-refractivity contribution in [2.24, 2.45) is 0 Å². The number of aromatic nitrogens is 4. The molecule has 0 aliphatic carbocycles. The highest BCUT2D eigenvalue weighted by molar-refractivity contribution is 6.31. The van der Waals surface area contributed by atoms with E-state index in [0.29, 0.717) is 27.4 Å². The van der Waals surface area contributed by atoms with E-state index >= 15 is 0 Å². The summed E-state index contributed by atoms with van der Waals surface area (Å²) in [6, 6.07) is 9.05. The third kappa shape index (κ3) is 3.50. The number of anilines is 1. The van der Waals surface area contributed by atoms with Crippen molar-refractivity contribution in [1.29, 1.82) is 0 Å². The number of hydrogen-bond acceptors (Lipinski definition) is 7. The maximum atomic E-state index is 13.0. The number of hydrogen-bond donors (Lipinski definition) is 0. The molecule has 8 nitrogen and oxygen atoms in total. The van der Waals surface area contributed by atoms with Gasteiger partial charge in [-0.25, -0.2) is 15.0 Å². The molecule has 0 saturated carbocycles. The molecular formula is C23H22ClN5O3. The number of piperidine rings is 1. The first-order chi connectivity index (χ1) is 15.6. The molecule has 1 aliphatic heterocycles. The molecule has 2 aromatic carbocycles. The summed E-state index contributed by atoms with van der Waals surface area (Å²) < 4.78 is 12.6. The van der Waals surface area contributed by atoms with Gasteiger partial charge < -0.3 is 14.4 Å². The predicted molar refractivity (Wildman–Crippen MR) is 124 cm³/mol. The molecule has 0 amide bonds. The molecule has 164 valence electrons. The van der Waals surface area contributed by atoms with Crippen LogP contribution in [-0.4, -0.2) is 46.8 Å². The summed E-state index contributed by atoms with van der Waals surface area (Å²) in [6.45, 7) is 1.51. The van der Waals surface area contributed by atoms with Crippen molar-refractivity contribution >= 4 is 39.2 Å². The van der Waals surface area contributed by atoms with Crippen LogP contribution in [0.5, 0.6) is 11.5 Å². The van der Waals surface area contributed by atoms with Crippen molar-refractivity contribution < 1.29 is 9.47 Å². The van der Waals surface area contributed by atoms with Crippen molar-refractivity contribution in [3.8, 4) is 11.5 Å². The normalized spacial score (nSPS) is 14.8. The molecule has 0 radical (unpaired) electrons. The fourth-order valence-electron chi connectivity index (χ4n) is 4.35. The van der Waals surface area contributed by atoms with Crippen molar-refractivity contribution in [2.45, 2.75) is 18.9 Å². The lowest BCUT2D eigenvalue weighted by molar-refractivity contribution is 0.355. The van der Waals surface area contributed by atoms with E-state index in [1.807, 2.05) is 12.1 Å². The molecule has 9 heteroatoms. The SMILES string of the molecule is COc1cc2ncnc(N3CCC(n4cnc5ccc(Cl)cc5c4=O)CC3)c2cc1OC. The number of methoxy groups -OCH3 is 2. The number of benzene rings is 2. The van der Waals surface area contributed by atoms with Gasteiger partial charge in [0.2, 0.25) is 0 Å². The Balaban J connectivity index is 1.43. The van der Waals surface area contributed by atoms with Gasteiger partial charge in [0.1, 0.15) is 12.1 Å². The Morgan fingerprint density at radius 3 is 2.44 bits per heavy atom. The highest BCUT2D eigenvalue weighted by atomic mass is 35.5. The van der Waals surface area contributed by atoms with Gasteiger partial charge in [0.25, 0.3) is 5.56 Å². The molecule has 1 saturated heterocycles. The summed E-state index contributed by atoms with van der Waals surface area (Å²) in [4.78, 5) is 28.7. The Kier molecular flexibility index (Phi) is 5.30. The van der Waals surface area contributed by atoms with Crippen molar-refractivity contribution in [3.05, 3.63) is 58.4 Å². The molecule has 32 heavy (non-hydrogen) atoms. The average molecular weight is 452 g/mol. The van der Waals surface area contributed by atoms with Gasteiger partial charge in [-0.05, 0) is 37.1 Å². The number of fused-ring (bicyclic) bond motifs is 2. The zero-order chi connectivity index (χ0) is 22.2. The lowest BCUT2D eigenvalue weighted by atomic mass is 10.0. The van der Waals surface area contributed by atoms with Gasteiger partial charge in [-0.1, -0.05) is 11.6 Å². The first kappa shape index (κ1) is 20.5. The van der Waals surface area contributed by atoms with Crippen LogP contribution in [0.4, 0.5) is 5.82 Å². The van der Waals surface area contributed by atoms with Crippen LogP contribution in [0.25, 0.3) is 21.8 Å². The third-order valence-corrected chi connectivity index (χ3v) is 6.26. The minimum absolute atomic E-state index is 0.0553. The highest BCUT2D eigenvalue weighted by Crippen LogP contribution is 2.36. The van der Waals surface area contributed by atoms with Gasteiger partial charge in [0.15, 0.2) is 11.5 Å². The molecule has 4 aromatic rings. The first-order valence-corrected chi connectivity index (χ1v) is 10.7. The molecule has 3 heterocycles. The topological polar surface area (TPSA) is 82.4 Å². The molecular weight excluding hydrogens is 430 g/mol. The predicted octanol–water partition coefficient (Wildman–Crippen LogP) is 3.85. The van der Waals surface area contributed by atoms with E-state index in [1.54, 1.807) is 49.6 Å². The lowest BCUT2D eigenvalue weighted by Gasteiger charge is -2.34. The second kappa shape index (κ2) is 8.27. The van der Waals surface area contributed by atoms with Gasteiger partial charge in [0.05, 0.1) is 37.0 Å². The zero-order valence-corrected chi connectivity index (χ0v) is 18.5. The van der Waals surface area contributed by atoms with Crippen LogP contribution in [0, 0.1) is 0 Å². The standard InChI is InChI=1S/C23H22ClN5O3/c1-31-20-10-16-19(11-21(20)32-2)25-12-26-22(16)28-7-5-15(6-8-28)29-13-27-18-4-3-14(24)9-17(18)23(29)30/h3-4,9-13,15H,5-8H2,1-2H3. The Labute approximate surface area is 189 Å². The molecule has 2 aromatic heterocycles. The molecule has 1 aliphatic rings. The number of halogens is 1. The Bertz CT molecular complexity index is 1370. The van der Waals surface area contributed by atoms with E-state index in [9.17, 15) is 4.79 Å². The zero-order valence-electron chi connectivity index (χ0n) is 17.8. The summed E-state index contributed by atoms with van der Waals surface area (Å²) >= 11 is 6.09. The number of nitrogens with zero attached hydrogens (tertiary/aromatic N) is 5. The van der Waals surface area contributed by atoms with E-state index in [1.165, 1.54) is 0 Å². The fraction of sp³-hybridized carbons (Fsp3) is 0.304. The maximum Gasteiger partial charge on any atom is 0.261 e. The van der Waals surface area contributed by atoms with Crippen LogP contribution < -0.4 is 19.9 Å². The van der Waals surface area contributed by atoms with E-state index in [4.69, 9.17) is 21.1 Å². The third-order valence-electron chi connectivity index (χ3n) is 6.02. The summed E-state index contributed by atoms with van der Waals surface area (Å²) in [5, 5.41) is 1.99. The van der Waals surface area contributed by atoms with E-state index < -0.39 is 0 Å². The summed E-state index contributed by atoms with van der Waals surface area (Å²) in [7, 11) is 3.22. The van der Waals surface area contributed by atoms with Crippen molar-refractivity contribution in [2.75, 3.05) is 32.2 Å². The number of ether oxygens (including phenoxy) is 2. The minimum Gasteiger partial charge on any atom is -0.493 e. The molecule has 0 unspecified atom stereocenters. The molecule has 5 rings (SSSR count). The van der Waals surface area contributed by atoms with Gasteiger partial charge in [-0.2, -0.15) is 0 Å². The quantitative estimate of drug-likeness (QED) is 0.466. The average Bonchev–Trinajstić information content (AvgIpc) is 2.83. The molecule has 0 N–H and O–H groups in total. The molecule has 0 spiro atoms. The van der Waals surface area contributed by atoms with Gasteiger partial charge in [0, 0.05) is 35.6 Å². The summed E-state index contributed by atoms with van der Waals surface area (Å²) in [6.07, 6.45) is 4.81. The van der Waals surface area contributed by atoms with Crippen LogP contribution in [0.2, 0.25) is 5.02 Å². The Morgan fingerprint density at radius 1 is 0.938 bits per heavy atom. The second-order valence-corrected chi connectivity index (χ2v) is 8.19. The van der Waals surface area contributed by atoms with Gasteiger partial charge in [-0.15, -0.1) is 0 Å². The first-order valence-electron chi connectivity index (χ1n) is 10.4. The fourth-order valence-corrected chi connectivity index (χ4v) is 4.52. The largest absolute Gasteiger partial charge is 0.493 e. The molecule has 0 bridgehead atoms. The summed E-state index contributed by atoms with van der Waals surface area (Å²) in [5.41, 5.74) is 1.40. The minimum atomic E-state index is -0.0553. The van der Waals surface area contributed by atoms with Crippen LogP contribution in [0.3, 0.4) is 0 Å². The Hall–Kier alpha value is -3.39.